The molecule has 3 rings (SSSR count). The van der Waals surface area contributed by atoms with Gasteiger partial charge in [-0.2, -0.15) is 13.2 Å². The maximum absolute atomic E-state index is 12.6. The van der Waals surface area contributed by atoms with Crippen LogP contribution in [0, 0.1) is 0 Å². The van der Waals surface area contributed by atoms with Gasteiger partial charge < -0.3 is 15.4 Å². The molecule has 156 valence electrons. The topological polar surface area (TPSA) is 67.4 Å². The molecule has 2 amide bonds. The van der Waals surface area contributed by atoms with E-state index in [1.54, 1.807) is 29.6 Å². The lowest BCUT2D eigenvalue weighted by molar-refractivity contribution is -0.153. The van der Waals surface area contributed by atoms with E-state index in [0.29, 0.717) is 10.6 Å². The fourth-order valence-corrected chi connectivity index (χ4v) is 3.21. The number of hydrogen-bond acceptors (Lipinski definition) is 4. The fraction of sp³-hybridized carbons (Fsp3) is 0.100. The Morgan fingerprint density at radius 3 is 2.50 bits per heavy atom. The predicted molar refractivity (Wildman–Crippen MR) is 110 cm³/mol. The molecule has 5 nitrogen and oxygen atoms in total. The van der Waals surface area contributed by atoms with E-state index in [9.17, 15) is 22.8 Å². The van der Waals surface area contributed by atoms with Crippen molar-refractivity contribution in [3.8, 4) is 5.75 Å². The Balaban J connectivity index is 1.75. The molecule has 0 saturated heterocycles. The molecule has 1 heterocycles. The molecule has 0 aliphatic rings. The molecule has 0 saturated carbocycles. The maximum atomic E-state index is 12.6. The highest BCUT2D eigenvalue weighted by atomic mass is 35.5. The Labute approximate surface area is 178 Å². The molecule has 10 heteroatoms. The third-order valence-corrected chi connectivity index (χ3v) is 4.81. The zero-order chi connectivity index (χ0) is 21.7. The largest absolute Gasteiger partial charge is 0.482 e. The molecule has 30 heavy (non-hydrogen) atoms. The molecule has 1 aromatic heterocycles. The molecule has 0 spiro atoms. The third-order valence-electron chi connectivity index (χ3n) is 3.71. The normalized spacial score (nSPS) is 11.1. The highest BCUT2D eigenvalue weighted by molar-refractivity contribution is 7.12. The number of carbonyl (C=O) groups excluding carboxylic acids is 2. The quantitative estimate of drug-likeness (QED) is 0.491. The number of halogens is 4. The van der Waals surface area contributed by atoms with Gasteiger partial charge in [0.25, 0.3) is 11.8 Å². The van der Waals surface area contributed by atoms with Gasteiger partial charge in [-0.3, -0.25) is 9.59 Å². The van der Waals surface area contributed by atoms with E-state index in [1.165, 1.54) is 41.7 Å². The van der Waals surface area contributed by atoms with Crippen molar-refractivity contribution >= 4 is 46.1 Å². The number of hydrogen-bond donors (Lipinski definition) is 2. The molecule has 2 aromatic carbocycles. The van der Waals surface area contributed by atoms with Gasteiger partial charge in [-0.25, -0.2) is 0 Å². The molecular formula is C20H14ClF3N2O3S. The lowest BCUT2D eigenvalue weighted by Gasteiger charge is -2.14. The monoisotopic (exact) mass is 454 g/mol. The summed E-state index contributed by atoms with van der Waals surface area (Å²) in [6.45, 7) is -1.51. The van der Waals surface area contributed by atoms with Crippen LogP contribution in [0.1, 0.15) is 20.0 Å². The molecular weight excluding hydrogens is 441 g/mol. The number of carbonyl (C=O) groups is 2. The Morgan fingerprint density at radius 2 is 1.80 bits per heavy atom. The molecule has 0 aliphatic heterocycles. The highest BCUT2D eigenvalue weighted by Crippen LogP contribution is 2.30. The Morgan fingerprint density at radius 1 is 1.00 bits per heavy atom. The molecule has 0 aliphatic carbocycles. The average Bonchev–Trinajstić information content (AvgIpc) is 3.22. The van der Waals surface area contributed by atoms with Crippen LogP contribution < -0.4 is 15.4 Å². The van der Waals surface area contributed by atoms with Gasteiger partial charge >= 0.3 is 6.18 Å². The van der Waals surface area contributed by atoms with Crippen molar-refractivity contribution in [2.75, 3.05) is 17.2 Å². The van der Waals surface area contributed by atoms with Gasteiger partial charge in [0, 0.05) is 16.3 Å². The number of thiophene rings is 1. The summed E-state index contributed by atoms with van der Waals surface area (Å²) >= 11 is 7.17. The van der Waals surface area contributed by atoms with Crippen LogP contribution >= 0.6 is 22.9 Å². The summed E-state index contributed by atoms with van der Waals surface area (Å²) in [6.07, 6.45) is -4.53. The zero-order valence-electron chi connectivity index (χ0n) is 15.1. The summed E-state index contributed by atoms with van der Waals surface area (Å²) in [4.78, 5) is 25.3. The van der Waals surface area contributed by atoms with Crippen LogP contribution in [0.5, 0.6) is 5.75 Å². The molecule has 3 aromatic rings. The van der Waals surface area contributed by atoms with Crippen molar-refractivity contribution < 1.29 is 27.5 Å². The van der Waals surface area contributed by atoms with Gasteiger partial charge in [-0.05, 0) is 47.8 Å². The summed E-state index contributed by atoms with van der Waals surface area (Å²) in [7, 11) is 0. The number of ether oxygens (including phenoxy) is 1. The number of alkyl halides is 3. The number of benzene rings is 2. The standard InChI is InChI=1S/C20H14ClF3N2O3S/c21-13-6-7-16(29-11-20(22,23)24)15(10-13)26-18(27)12-3-1-4-14(9-12)25-19(28)17-5-2-8-30-17/h1-10H,11H2,(H,25,28)(H,26,27). The van der Waals surface area contributed by atoms with Gasteiger partial charge in [0.15, 0.2) is 6.61 Å². The van der Waals surface area contributed by atoms with Crippen molar-refractivity contribution in [1.29, 1.82) is 0 Å². The third kappa shape index (κ3) is 5.98. The van der Waals surface area contributed by atoms with E-state index in [0.717, 1.165) is 0 Å². The minimum Gasteiger partial charge on any atom is -0.482 e. The zero-order valence-corrected chi connectivity index (χ0v) is 16.7. The van der Waals surface area contributed by atoms with Gasteiger partial charge in [-0.1, -0.05) is 23.7 Å². The molecule has 0 fully saturated rings. The minimum absolute atomic E-state index is 0.00947. The van der Waals surface area contributed by atoms with Crippen LogP contribution in [0.2, 0.25) is 5.02 Å². The van der Waals surface area contributed by atoms with E-state index in [-0.39, 0.29) is 27.9 Å². The molecule has 0 radical (unpaired) electrons. The van der Waals surface area contributed by atoms with Crippen LogP contribution in [-0.4, -0.2) is 24.6 Å². The van der Waals surface area contributed by atoms with Crippen molar-refractivity contribution in [3.63, 3.8) is 0 Å². The number of nitrogens with one attached hydrogen (secondary N) is 2. The Hall–Kier alpha value is -3.04. The Bertz CT molecular complexity index is 1060. The average molecular weight is 455 g/mol. The van der Waals surface area contributed by atoms with E-state index in [4.69, 9.17) is 16.3 Å². The van der Waals surface area contributed by atoms with E-state index >= 15 is 0 Å². The van der Waals surface area contributed by atoms with Crippen molar-refractivity contribution in [3.05, 3.63) is 75.4 Å². The number of anilines is 2. The van der Waals surface area contributed by atoms with E-state index < -0.39 is 18.7 Å². The van der Waals surface area contributed by atoms with Crippen LogP contribution in [0.15, 0.2) is 60.0 Å². The lowest BCUT2D eigenvalue weighted by atomic mass is 10.1. The molecule has 0 atom stereocenters. The van der Waals surface area contributed by atoms with Crippen molar-refractivity contribution in [1.82, 2.24) is 0 Å². The second-order valence-corrected chi connectivity index (χ2v) is 7.39. The predicted octanol–water partition coefficient (Wildman–Crippen LogP) is 5.85. The van der Waals surface area contributed by atoms with E-state index in [1.807, 2.05) is 0 Å². The summed E-state index contributed by atoms with van der Waals surface area (Å²) < 4.78 is 42.1. The lowest BCUT2D eigenvalue weighted by Crippen LogP contribution is -2.20. The Kier molecular flexibility index (Phi) is 6.63. The van der Waals surface area contributed by atoms with E-state index in [2.05, 4.69) is 10.6 Å². The first-order valence-electron chi connectivity index (χ1n) is 8.47. The summed E-state index contributed by atoms with van der Waals surface area (Å²) in [5.41, 5.74) is 0.561. The van der Waals surface area contributed by atoms with Gasteiger partial charge in [-0.15, -0.1) is 11.3 Å². The molecule has 0 unspecified atom stereocenters. The van der Waals surface area contributed by atoms with Crippen molar-refractivity contribution in [2.24, 2.45) is 0 Å². The summed E-state index contributed by atoms with van der Waals surface area (Å²) in [5, 5.41) is 7.14. The first-order chi connectivity index (χ1) is 14.2. The van der Waals surface area contributed by atoms with Gasteiger partial charge in [0.1, 0.15) is 5.75 Å². The summed E-state index contributed by atoms with van der Waals surface area (Å²) in [5.74, 6) is -1.10. The highest BCUT2D eigenvalue weighted by Gasteiger charge is 2.29. The summed E-state index contributed by atoms with van der Waals surface area (Å²) in [6, 6.07) is 13.4. The number of amides is 2. The smallest absolute Gasteiger partial charge is 0.422 e. The van der Waals surface area contributed by atoms with Crippen LogP contribution in [0.4, 0.5) is 24.5 Å². The van der Waals surface area contributed by atoms with Crippen molar-refractivity contribution in [2.45, 2.75) is 6.18 Å². The van der Waals surface area contributed by atoms with Crippen LogP contribution in [-0.2, 0) is 0 Å². The first-order valence-corrected chi connectivity index (χ1v) is 9.72. The minimum atomic E-state index is -4.53. The van der Waals surface area contributed by atoms with Crippen LogP contribution in [0.25, 0.3) is 0 Å². The van der Waals surface area contributed by atoms with Gasteiger partial charge in [0.05, 0.1) is 10.6 Å². The molecule has 2 N–H and O–H groups in total. The number of rotatable bonds is 6. The second kappa shape index (κ2) is 9.19. The fourth-order valence-electron chi connectivity index (χ4n) is 2.42. The molecule has 0 bridgehead atoms. The SMILES string of the molecule is O=C(Nc1cc(Cl)ccc1OCC(F)(F)F)c1cccc(NC(=O)c2cccs2)c1. The maximum Gasteiger partial charge on any atom is 0.422 e. The second-order valence-electron chi connectivity index (χ2n) is 6.01. The first kappa shape index (κ1) is 21.7. The van der Waals surface area contributed by atoms with Gasteiger partial charge in [0.2, 0.25) is 0 Å². The van der Waals surface area contributed by atoms with Crippen LogP contribution in [0.3, 0.4) is 0 Å².